The van der Waals surface area contributed by atoms with Gasteiger partial charge in [0.05, 0.1) is 33.7 Å². The number of ether oxygens (including phenoxy) is 3. The molecule has 2 aromatic rings. The molecule has 0 aromatic heterocycles. The zero-order valence-corrected chi connectivity index (χ0v) is 21.8. The molecule has 10 heteroatoms. The molecule has 0 spiro atoms. The van der Waals surface area contributed by atoms with Gasteiger partial charge in [0.15, 0.2) is 11.5 Å². The highest BCUT2D eigenvalue weighted by Crippen LogP contribution is 2.39. The van der Waals surface area contributed by atoms with Crippen LogP contribution in [-0.4, -0.2) is 41.3 Å². The van der Waals surface area contributed by atoms with Crippen molar-refractivity contribution in [2.24, 2.45) is 0 Å². The summed E-state index contributed by atoms with van der Waals surface area (Å²) < 4.78 is 17.3. The van der Waals surface area contributed by atoms with Crippen LogP contribution < -0.4 is 9.47 Å². The van der Waals surface area contributed by atoms with E-state index in [0.29, 0.717) is 33.7 Å². The molecule has 1 aliphatic rings. The Kier molecular flexibility index (Phi) is 8.95. The average molecular weight is 559 g/mol. The predicted octanol–water partition coefficient (Wildman–Crippen LogP) is 5.29. The number of hydrogen-bond acceptors (Lipinski definition) is 8. The zero-order valence-electron chi connectivity index (χ0n) is 19.4. The molecule has 35 heavy (non-hydrogen) atoms. The summed E-state index contributed by atoms with van der Waals surface area (Å²) in [6.07, 6.45) is 1.21. The van der Waals surface area contributed by atoms with Crippen LogP contribution in [-0.2, 0) is 20.9 Å². The number of imide groups is 1. The first kappa shape index (κ1) is 26.3. The van der Waals surface area contributed by atoms with Crippen LogP contribution in [0, 0.1) is 11.3 Å². The first-order chi connectivity index (χ1) is 16.7. The van der Waals surface area contributed by atoms with E-state index in [4.69, 9.17) is 14.2 Å². The Balaban J connectivity index is 1.83. The van der Waals surface area contributed by atoms with Crippen molar-refractivity contribution in [1.29, 1.82) is 5.26 Å². The Labute approximate surface area is 216 Å². The molecule has 182 valence electrons. The second-order valence-corrected chi connectivity index (χ2v) is 9.47. The number of esters is 1. The molecule has 1 aliphatic heterocycles. The van der Waals surface area contributed by atoms with Gasteiger partial charge in [-0.1, -0.05) is 18.2 Å². The lowest BCUT2D eigenvalue weighted by molar-refractivity contribution is -0.149. The number of carbonyl (C=O) groups excluding carboxylic acids is 3. The summed E-state index contributed by atoms with van der Waals surface area (Å²) in [5, 5.41) is 8.76. The number of nitrogens with zero attached hydrogens (tertiary/aromatic N) is 2. The van der Waals surface area contributed by atoms with Gasteiger partial charge in [0.2, 0.25) is 0 Å². The van der Waals surface area contributed by atoms with E-state index in [1.54, 1.807) is 44.2 Å². The third-order valence-corrected chi connectivity index (χ3v) is 6.16. The highest BCUT2D eigenvalue weighted by molar-refractivity contribution is 9.10. The highest BCUT2D eigenvalue weighted by atomic mass is 79.9. The van der Waals surface area contributed by atoms with Crippen molar-refractivity contribution in [2.45, 2.75) is 33.5 Å². The Bertz CT molecular complexity index is 1220. The van der Waals surface area contributed by atoms with E-state index in [-0.39, 0.29) is 17.6 Å². The summed E-state index contributed by atoms with van der Waals surface area (Å²) in [6, 6.07) is 12.7. The number of benzene rings is 2. The summed E-state index contributed by atoms with van der Waals surface area (Å²) in [4.78, 5) is 38.0. The van der Waals surface area contributed by atoms with E-state index in [0.717, 1.165) is 22.2 Å². The van der Waals surface area contributed by atoms with E-state index in [1.807, 2.05) is 19.1 Å². The minimum atomic E-state index is -0.649. The maximum absolute atomic E-state index is 12.7. The van der Waals surface area contributed by atoms with Gasteiger partial charge in [-0.3, -0.25) is 19.3 Å². The molecule has 2 amide bonds. The lowest BCUT2D eigenvalue weighted by Crippen LogP contribution is -2.35. The molecular formula is C25H23BrN2O6S. The largest absolute Gasteiger partial charge is 0.490 e. The smallest absolute Gasteiger partial charge is 0.326 e. The summed E-state index contributed by atoms with van der Waals surface area (Å²) in [5.41, 5.74) is 1.85. The molecule has 0 N–H and O–H groups in total. The minimum Gasteiger partial charge on any atom is -0.490 e. The van der Waals surface area contributed by atoms with Crippen molar-refractivity contribution >= 4 is 50.9 Å². The number of halogens is 1. The molecule has 1 heterocycles. The second-order valence-electron chi connectivity index (χ2n) is 7.63. The molecule has 0 saturated carbocycles. The van der Waals surface area contributed by atoms with Crippen LogP contribution in [0.3, 0.4) is 0 Å². The number of carbonyl (C=O) groups is 3. The van der Waals surface area contributed by atoms with Gasteiger partial charge >= 0.3 is 5.97 Å². The molecule has 2 aromatic carbocycles. The van der Waals surface area contributed by atoms with E-state index in [1.165, 1.54) is 0 Å². The summed E-state index contributed by atoms with van der Waals surface area (Å²) >= 11 is 4.24. The summed E-state index contributed by atoms with van der Waals surface area (Å²) in [6.45, 7) is 5.30. The Morgan fingerprint density at radius 3 is 2.66 bits per heavy atom. The number of amides is 2. The van der Waals surface area contributed by atoms with Crippen molar-refractivity contribution in [3.8, 4) is 17.6 Å². The second kappa shape index (κ2) is 11.9. The maximum Gasteiger partial charge on any atom is 0.326 e. The van der Waals surface area contributed by atoms with Gasteiger partial charge in [-0.05, 0) is 78.3 Å². The topological polar surface area (TPSA) is 106 Å². The van der Waals surface area contributed by atoms with E-state index in [2.05, 4.69) is 22.0 Å². The van der Waals surface area contributed by atoms with Gasteiger partial charge in [-0.25, -0.2) is 0 Å². The third kappa shape index (κ3) is 6.65. The highest BCUT2D eigenvalue weighted by Gasteiger charge is 2.37. The molecular weight excluding hydrogens is 536 g/mol. The molecule has 0 radical (unpaired) electrons. The van der Waals surface area contributed by atoms with Gasteiger partial charge in [-0.2, -0.15) is 5.26 Å². The van der Waals surface area contributed by atoms with Crippen molar-refractivity contribution in [3.63, 3.8) is 0 Å². The molecule has 1 fully saturated rings. The van der Waals surface area contributed by atoms with Gasteiger partial charge in [0.1, 0.15) is 13.2 Å². The third-order valence-electron chi connectivity index (χ3n) is 4.67. The van der Waals surface area contributed by atoms with E-state index in [9.17, 15) is 19.6 Å². The van der Waals surface area contributed by atoms with Gasteiger partial charge in [0, 0.05) is 5.56 Å². The van der Waals surface area contributed by atoms with Crippen molar-refractivity contribution < 1.29 is 28.6 Å². The Morgan fingerprint density at radius 1 is 1.23 bits per heavy atom. The molecule has 3 rings (SSSR count). The van der Waals surface area contributed by atoms with Crippen molar-refractivity contribution in [3.05, 3.63) is 62.5 Å². The molecule has 8 nitrogen and oxygen atoms in total. The van der Waals surface area contributed by atoms with Crippen LogP contribution in [0.25, 0.3) is 6.08 Å². The van der Waals surface area contributed by atoms with Crippen molar-refractivity contribution in [2.75, 3.05) is 13.2 Å². The number of thioether (sulfide) groups is 1. The van der Waals surface area contributed by atoms with Gasteiger partial charge in [0.25, 0.3) is 11.1 Å². The Hall–Kier alpha value is -3.29. The molecule has 1 saturated heterocycles. The van der Waals surface area contributed by atoms with Crippen molar-refractivity contribution in [1.82, 2.24) is 4.90 Å². The molecule has 0 atom stereocenters. The maximum atomic E-state index is 12.7. The van der Waals surface area contributed by atoms with Crippen LogP contribution in [0.2, 0.25) is 0 Å². The lowest BCUT2D eigenvalue weighted by atomic mass is 10.1. The van der Waals surface area contributed by atoms with Crippen LogP contribution in [0.5, 0.6) is 11.5 Å². The first-order valence-corrected chi connectivity index (χ1v) is 12.4. The number of hydrogen-bond donors (Lipinski definition) is 0. The fraction of sp³-hybridized carbons (Fsp3) is 0.280. The van der Waals surface area contributed by atoms with E-state index >= 15 is 0 Å². The zero-order chi connectivity index (χ0) is 25.5. The van der Waals surface area contributed by atoms with Gasteiger partial charge in [-0.15, -0.1) is 0 Å². The Morgan fingerprint density at radius 2 is 1.97 bits per heavy atom. The predicted molar refractivity (Wildman–Crippen MR) is 135 cm³/mol. The lowest BCUT2D eigenvalue weighted by Gasteiger charge is -2.15. The normalized spacial score (nSPS) is 14.4. The van der Waals surface area contributed by atoms with Crippen LogP contribution in [0.15, 0.2) is 45.8 Å². The number of nitriles is 1. The SMILES string of the molecule is CCOc1cc(/C=C2/SC(=O)N(CC(=O)OC(C)C)C2=O)cc(Br)c1OCc1ccccc1C#N. The standard InChI is InChI=1S/C25H23BrN2O6S/c1-4-32-20-10-16(9-19(26)23(20)33-14-18-8-6-5-7-17(18)12-27)11-21-24(30)28(25(31)35-21)13-22(29)34-15(2)3/h5-11,15H,4,13-14H2,1-3H3/b21-11+. The fourth-order valence-corrected chi connectivity index (χ4v) is 4.61. The van der Waals surface area contributed by atoms with E-state index < -0.39 is 23.7 Å². The van der Waals surface area contributed by atoms with Crippen LogP contribution >= 0.6 is 27.7 Å². The number of rotatable bonds is 9. The quantitative estimate of drug-likeness (QED) is 0.302. The molecule has 0 aliphatic carbocycles. The monoisotopic (exact) mass is 558 g/mol. The molecule has 0 unspecified atom stereocenters. The minimum absolute atomic E-state index is 0.160. The fourth-order valence-electron chi connectivity index (χ4n) is 3.20. The molecule has 0 bridgehead atoms. The first-order valence-electron chi connectivity index (χ1n) is 10.8. The van der Waals surface area contributed by atoms with Gasteiger partial charge < -0.3 is 14.2 Å². The van der Waals surface area contributed by atoms with Crippen LogP contribution in [0.4, 0.5) is 4.79 Å². The van der Waals surface area contributed by atoms with Crippen LogP contribution in [0.1, 0.15) is 37.5 Å². The summed E-state index contributed by atoms with van der Waals surface area (Å²) in [7, 11) is 0. The summed E-state index contributed by atoms with van der Waals surface area (Å²) in [5.74, 6) is -0.337. The average Bonchev–Trinajstić information content (AvgIpc) is 3.05.